The van der Waals surface area contributed by atoms with Gasteiger partial charge in [0, 0.05) is 7.11 Å². The second kappa shape index (κ2) is 5.52. The predicted octanol–water partition coefficient (Wildman–Crippen LogP) is 2.52. The van der Waals surface area contributed by atoms with Gasteiger partial charge in [-0.2, -0.15) is 0 Å². The summed E-state index contributed by atoms with van der Waals surface area (Å²) in [6.07, 6.45) is 0.841. The van der Waals surface area contributed by atoms with Gasteiger partial charge in [0.15, 0.2) is 0 Å². The monoisotopic (exact) mass is 237 g/mol. The van der Waals surface area contributed by atoms with Crippen molar-refractivity contribution in [2.75, 3.05) is 20.8 Å². The molecule has 0 aliphatic heterocycles. The molecule has 0 heterocycles. The van der Waals surface area contributed by atoms with Crippen molar-refractivity contribution in [3.05, 3.63) is 28.8 Å². The Labute approximate surface area is 104 Å². The molecule has 0 saturated carbocycles. The third-order valence-corrected chi connectivity index (χ3v) is 3.31. The van der Waals surface area contributed by atoms with Crippen LogP contribution in [0.4, 0.5) is 0 Å². The lowest BCUT2D eigenvalue weighted by molar-refractivity contribution is 0.129. The Bertz CT molecular complexity index is 390. The molecule has 2 N–H and O–H groups in total. The normalized spacial score (nSPS) is 14.5. The van der Waals surface area contributed by atoms with Gasteiger partial charge < -0.3 is 15.2 Å². The van der Waals surface area contributed by atoms with E-state index in [1.165, 1.54) is 0 Å². The van der Waals surface area contributed by atoms with Gasteiger partial charge >= 0.3 is 0 Å². The lowest BCUT2D eigenvalue weighted by atomic mass is 9.85. The molecule has 0 radical (unpaired) electrons. The van der Waals surface area contributed by atoms with Gasteiger partial charge in [-0.1, -0.05) is 13.0 Å². The molecule has 1 aromatic rings. The Morgan fingerprint density at radius 2 is 1.82 bits per heavy atom. The first-order valence-corrected chi connectivity index (χ1v) is 5.92. The number of rotatable bonds is 5. The Hall–Kier alpha value is -1.06. The van der Waals surface area contributed by atoms with Crippen molar-refractivity contribution >= 4 is 0 Å². The van der Waals surface area contributed by atoms with Gasteiger partial charge in [-0.05, 0) is 43.0 Å². The Balaban J connectivity index is 3.25. The minimum atomic E-state index is -0.421. The molecule has 3 heteroatoms. The number of hydrogen-bond acceptors (Lipinski definition) is 3. The number of benzene rings is 1. The molecule has 0 aliphatic carbocycles. The van der Waals surface area contributed by atoms with Crippen LogP contribution in [0.1, 0.15) is 30.0 Å². The highest BCUT2D eigenvalue weighted by atomic mass is 16.5. The molecular weight excluding hydrogens is 214 g/mol. The van der Waals surface area contributed by atoms with E-state index in [0.717, 1.165) is 28.9 Å². The van der Waals surface area contributed by atoms with Crippen molar-refractivity contribution in [1.29, 1.82) is 0 Å². The smallest absolute Gasteiger partial charge is 0.122 e. The highest BCUT2D eigenvalue weighted by Gasteiger charge is 2.27. The Morgan fingerprint density at radius 3 is 2.29 bits per heavy atom. The van der Waals surface area contributed by atoms with Crippen LogP contribution in [0.2, 0.25) is 0 Å². The maximum absolute atomic E-state index is 6.42. The first-order chi connectivity index (χ1) is 7.98. The van der Waals surface area contributed by atoms with E-state index in [1.54, 1.807) is 14.2 Å². The summed E-state index contributed by atoms with van der Waals surface area (Å²) in [5.41, 5.74) is 9.39. The number of nitrogens with two attached hydrogens (primary N) is 1. The molecule has 0 fully saturated rings. The molecule has 0 aromatic heterocycles. The third-order valence-electron chi connectivity index (χ3n) is 3.31. The van der Waals surface area contributed by atoms with Gasteiger partial charge in [0.2, 0.25) is 0 Å². The molecule has 0 saturated heterocycles. The van der Waals surface area contributed by atoms with Crippen molar-refractivity contribution in [2.45, 2.75) is 32.7 Å². The standard InChI is InChI=1S/C14H23NO2/c1-6-14(15,9-16-4)12-7-11(3)13(17-5)8-10(12)2/h7-8H,6,9,15H2,1-5H3. The zero-order chi connectivity index (χ0) is 13.1. The molecule has 0 amide bonds. The van der Waals surface area contributed by atoms with E-state index in [0.29, 0.717) is 6.61 Å². The zero-order valence-corrected chi connectivity index (χ0v) is 11.5. The summed E-state index contributed by atoms with van der Waals surface area (Å²) in [5.74, 6) is 0.905. The summed E-state index contributed by atoms with van der Waals surface area (Å²) in [4.78, 5) is 0. The van der Waals surface area contributed by atoms with Crippen LogP contribution in [0, 0.1) is 13.8 Å². The molecular formula is C14H23NO2. The van der Waals surface area contributed by atoms with Crippen molar-refractivity contribution in [2.24, 2.45) is 5.73 Å². The van der Waals surface area contributed by atoms with Gasteiger partial charge in [-0.25, -0.2) is 0 Å². The van der Waals surface area contributed by atoms with Gasteiger partial charge in [-0.3, -0.25) is 0 Å². The Morgan fingerprint density at radius 1 is 1.18 bits per heavy atom. The predicted molar refractivity (Wildman–Crippen MR) is 70.5 cm³/mol. The number of ether oxygens (including phenoxy) is 2. The highest BCUT2D eigenvalue weighted by molar-refractivity contribution is 5.44. The van der Waals surface area contributed by atoms with E-state index in [4.69, 9.17) is 15.2 Å². The summed E-state index contributed by atoms with van der Waals surface area (Å²) in [7, 11) is 3.37. The fraction of sp³-hybridized carbons (Fsp3) is 0.571. The number of hydrogen-bond donors (Lipinski definition) is 1. The van der Waals surface area contributed by atoms with Crippen LogP contribution in [0.25, 0.3) is 0 Å². The quantitative estimate of drug-likeness (QED) is 0.856. The molecule has 0 aliphatic rings. The van der Waals surface area contributed by atoms with Crippen LogP contribution in [-0.4, -0.2) is 20.8 Å². The second-order valence-electron chi connectivity index (χ2n) is 4.58. The lowest BCUT2D eigenvalue weighted by Crippen LogP contribution is -2.41. The second-order valence-corrected chi connectivity index (χ2v) is 4.58. The maximum Gasteiger partial charge on any atom is 0.122 e. The summed E-state index contributed by atoms with van der Waals surface area (Å²) >= 11 is 0. The van der Waals surface area contributed by atoms with Gasteiger partial charge in [0.05, 0.1) is 19.3 Å². The summed E-state index contributed by atoms with van der Waals surface area (Å²) in [6.45, 7) is 6.70. The molecule has 3 nitrogen and oxygen atoms in total. The van der Waals surface area contributed by atoms with Crippen LogP contribution >= 0.6 is 0 Å². The van der Waals surface area contributed by atoms with Crippen LogP contribution in [0.5, 0.6) is 5.75 Å². The largest absolute Gasteiger partial charge is 0.496 e. The van der Waals surface area contributed by atoms with Crippen molar-refractivity contribution < 1.29 is 9.47 Å². The number of methoxy groups -OCH3 is 2. The maximum atomic E-state index is 6.42. The third kappa shape index (κ3) is 2.79. The van der Waals surface area contributed by atoms with E-state index < -0.39 is 5.54 Å². The molecule has 17 heavy (non-hydrogen) atoms. The van der Waals surface area contributed by atoms with Crippen molar-refractivity contribution in [3.8, 4) is 5.75 Å². The Kier molecular flexibility index (Phi) is 4.54. The number of aryl methyl sites for hydroxylation is 2. The van der Waals surface area contributed by atoms with Crippen LogP contribution in [-0.2, 0) is 10.3 Å². The molecule has 0 bridgehead atoms. The van der Waals surface area contributed by atoms with Crippen molar-refractivity contribution in [3.63, 3.8) is 0 Å². The average Bonchev–Trinajstić information content (AvgIpc) is 2.31. The minimum Gasteiger partial charge on any atom is -0.496 e. The van der Waals surface area contributed by atoms with Gasteiger partial charge in [0.1, 0.15) is 5.75 Å². The fourth-order valence-corrected chi connectivity index (χ4v) is 2.17. The van der Waals surface area contributed by atoms with Crippen LogP contribution < -0.4 is 10.5 Å². The lowest BCUT2D eigenvalue weighted by Gasteiger charge is -2.30. The molecule has 0 spiro atoms. The zero-order valence-electron chi connectivity index (χ0n) is 11.5. The fourth-order valence-electron chi connectivity index (χ4n) is 2.17. The van der Waals surface area contributed by atoms with Crippen LogP contribution in [0.3, 0.4) is 0 Å². The minimum absolute atomic E-state index is 0.421. The summed E-state index contributed by atoms with van der Waals surface area (Å²) in [6, 6.07) is 4.15. The molecule has 1 rings (SSSR count). The molecule has 1 unspecified atom stereocenters. The summed E-state index contributed by atoms with van der Waals surface area (Å²) < 4.78 is 10.6. The highest BCUT2D eigenvalue weighted by Crippen LogP contribution is 2.30. The first kappa shape index (κ1) is 14.0. The van der Waals surface area contributed by atoms with E-state index in [1.807, 2.05) is 13.0 Å². The first-order valence-electron chi connectivity index (χ1n) is 5.92. The molecule has 96 valence electrons. The van der Waals surface area contributed by atoms with E-state index in [2.05, 4.69) is 19.9 Å². The average molecular weight is 237 g/mol. The van der Waals surface area contributed by atoms with E-state index >= 15 is 0 Å². The SMILES string of the molecule is CCC(N)(COC)c1cc(C)c(OC)cc1C. The van der Waals surface area contributed by atoms with E-state index in [9.17, 15) is 0 Å². The van der Waals surface area contributed by atoms with E-state index in [-0.39, 0.29) is 0 Å². The van der Waals surface area contributed by atoms with Crippen molar-refractivity contribution in [1.82, 2.24) is 0 Å². The van der Waals surface area contributed by atoms with Crippen LogP contribution in [0.15, 0.2) is 12.1 Å². The molecule has 1 aromatic carbocycles. The van der Waals surface area contributed by atoms with Gasteiger partial charge in [-0.15, -0.1) is 0 Å². The topological polar surface area (TPSA) is 44.5 Å². The summed E-state index contributed by atoms with van der Waals surface area (Å²) in [5, 5.41) is 0. The molecule has 1 atom stereocenters. The van der Waals surface area contributed by atoms with Gasteiger partial charge in [0.25, 0.3) is 0 Å².